The third kappa shape index (κ3) is 2.97. The number of hydrogen-bond acceptors (Lipinski definition) is 2. The predicted octanol–water partition coefficient (Wildman–Crippen LogP) is 1.79. The molecule has 0 heterocycles. The second kappa shape index (κ2) is 4.85. The van der Waals surface area contributed by atoms with Crippen molar-refractivity contribution in [2.45, 2.75) is 52.0 Å². The summed E-state index contributed by atoms with van der Waals surface area (Å²) in [7, 11) is 0. The zero-order valence-electron chi connectivity index (χ0n) is 10.2. The van der Waals surface area contributed by atoms with E-state index in [2.05, 4.69) is 5.32 Å². The first-order valence-electron chi connectivity index (χ1n) is 5.92. The molecule has 2 N–H and O–H groups in total. The van der Waals surface area contributed by atoms with Gasteiger partial charge in [-0.25, -0.2) is 0 Å². The van der Waals surface area contributed by atoms with Crippen LogP contribution in [0.5, 0.6) is 0 Å². The summed E-state index contributed by atoms with van der Waals surface area (Å²) in [4.78, 5) is 22.9. The van der Waals surface area contributed by atoms with Crippen molar-refractivity contribution in [1.82, 2.24) is 5.32 Å². The first-order chi connectivity index (χ1) is 7.37. The Morgan fingerprint density at radius 3 is 2.38 bits per heavy atom. The molecule has 0 aromatic rings. The second-order valence-corrected chi connectivity index (χ2v) is 5.21. The van der Waals surface area contributed by atoms with Gasteiger partial charge in [-0.3, -0.25) is 9.59 Å². The lowest BCUT2D eigenvalue weighted by Crippen LogP contribution is -2.47. The highest BCUT2D eigenvalue weighted by atomic mass is 16.4. The maximum absolute atomic E-state index is 12.0. The summed E-state index contributed by atoms with van der Waals surface area (Å²) in [6, 6.07) is 0. The molecule has 4 heteroatoms. The van der Waals surface area contributed by atoms with Crippen molar-refractivity contribution in [3.05, 3.63) is 0 Å². The number of rotatable bonds is 4. The minimum atomic E-state index is -0.841. The first kappa shape index (κ1) is 13.0. The second-order valence-electron chi connectivity index (χ2n) is 5.21. The molecule has 1 saturated carbocycles. The molecule has 1 aliphatic carbocycles. The van der Waals surface area contributed by atoms with Gasteiger partial charge in [-0.2, -0.15) is 0 Å². The van der Waals surface area contributed by atoms with Crippen LogP contribution in [-0.4, -0.2) is 22.5 Å². The van der Waals surface area contributed by atoms with Gasteiger partial charge in [0.05, 0.1) is 11.8 Å². The van der Waals surface area contributed by atoms with E-state index in [0.717, 1.165) is 12.8 Å². The summed E-state index contributed by atoms with van der Waals surface area (Å²) in [6.07, 6.45) is 2.99. The molecular weight excluding hydrogens is 206 g/mol. The molecule has 0 saturated heterocycles. The SMILES string of the molecule is CCC(C)(C)NC(=O)C1CCCC1C(=O)O. The Morgan fingerprint density at radius 1 is 1.31 bits per heavy atom. The number of carboxylic acids is 1. The molecule has 0 aromatic carbocycles. The first-order valence-corrected chi connectivity index (χ1v) is 5.92. The highest BCUT2D eigenvalue weighted by Gasteiger charge is 2.38. The van der Waals surface area contributed by atoms with Crippen molar-refractivity contribution in [3.8, 4) is 0 Å². The standard InChI is InChI=1S/C12H21NO3/c1-4-12(2,3)13-10(14)8-6-5-7-9(8)11(15)16/h8-9H,4-7H2,1-3H3,(H,13,14)(H,15,16). The van der Waals surface area contributed by atoms with Gasteiger partial charge in [-0.05, 0) is 33.1 Å². The normalized spacial score (nSPS) is 25.4. The van der Waals surface area contributed by atoms with Gasteiger partial charge in [0.2, 0.25) is 5.91 Å². The molecule has 0 aromatic heterocycles. The van der Waals surface area contributed by atoms with E-state index in [9.17, 15) is 9.59 Å². The van der Waals surface area contributed by atoms with Gasteiger partial charge in [-0.15, -0.1) is 0 Å². The van der Waals surface area contributed by atoms with Crippen molar-refractivity contribution >= 4 is 11.9 Å². The summed E-state index contributed by atoms with van der Waals surface area (Å²) >= 11 is 0. The van der Waals surface area contributed by atoms with Crippen molar-refractivity contribution in [2.75, 3.05) is 0 Å². The molecule has 4 nitrogen and oxygen atoms in total. The fourth-order valence-electron chi connectivity index (χ4n) is 2.08. The van der Waals surface area contributed by atoms with Crippen LogP contribution < -0.4 is 5.32 Å². The van der Waals surface area contributed by atoms with Crippen LogP contribution in [0.1, 0.15) is 46.5 Å². The van der Waals surface area contributed by atoms with Gasteiger partial charge < -0.3 is 10.4 Å². The largest absolute Gasteiger partial charge is 0.481 e. The number of amides is 1. The Kier molecular flexibility index (Phi) is 3.94. The monoisotopic (exact) mass is 227 g/mol. The molecule has 1 fully saturated rings. The Balaban J connectivity index is 2.63. The zero-order valence-corrected chi connectivity index (χ0v) is 10.2. The molecule has 16 heavy (non-hydrogen) atoms. The van der Waals surface area contributed by atoms with Crippen LogP contribution in [0.3, 0.4) is 0 Å². The van der Waals surface area contributed by atoms with Gasteiger partial charge in [0.25, 0.3) is 0 Å². The highest BCUT2D eigenvalue weighted by Crippen LogP contribution is 2.32. The fraction of sp³-hybridized carbons (Fsp3) is 0.833. The lowest BCUT2D eigenvalue weighted by atomic mass is 9.93. The summed E-state index contributed by atoms with van der Waals surface area (Å²) < 4.78 is 0. The average molecular weight is 227 g/mol. The highest BCUT2D eigenvalue weighted by molar-refractivity contribution is 5.85. The summed E-state index contributed by atoms with van der Waals surface area (Å²) in [5.41, 5.74) is -0.247. The van der Waals surface area contributed by atoms with E-state index in [1.165, 1.54) is 0 Å². The number of carbonyl (C=O) groups excluding carboxylic acids is 1. The van der Waals surface area contributed by atoms with E-state index in [4.69, 9.17) is 5.11 Å². The van der Waals surface area contributed by atoms with Crippen LogP contribution in [0.4, 0.5) is 0 Å². The Bertz CT molecular complexity index is 286. The lowest BCUT2D eigenvalue weighted by molar-refractivity contribution is -0.146. The smallest absolute Gasteiger partial charge is 0.307 e. The topological polar surface area (TPSA) is 66.4 Å². The van der Waals surface area contributed by atoms with Crippen LogP contribution in [0.25, 0.3) is 0 Å². The third-order valence-electron chi connectivity index (χ3n) is 3.52. The van der Waals surface area contributed by atoms with Gasteiger partial charge in [0.15, 0.2) is 0 Å². The maximum Gasteiger partial charge on any atom is 0.307 e. The lowest BCUT2D eigenvalue weighted by Gasteiger charge is -2.27. The molecule has 92 valence electrons. The minimum Gasteiger partial charge on any atom is -0.481 e. The molecule has 2 atom stereocenters. The molecule has 0 spiro atoms. The van der Waals surface area contributed by atoms with E-state index in [1.54, 1.807) is 0 Å². The van der Waals surface area contributed by atoms with Crippen LogP contribution in [0, 0.1) is 11.8 Å². The molecule has 1 rings (SSSR count). The molecule has 0 bridgehead atoms. The van der Waals surface area contributed by atoms with Crippen LogP contribution in [0.15, 0.2) is 0 Å². The van der Waals surface area contributed by atoms with Crippen molar-refractivity contribution in [1.29, 1.82) is 0 Å². The summed E-state index contributed by atoms with van der Waals surface area (Å²) in [5, 5.41) is 11.9. The third-order valence-corrected chi connectivity index (χ3v) is 3.52. The van der Waals surface area contributed by atoms with Gasteiger partial charge >= 0.3 is 5.97 Å². The quantitative estimate of drug-likeness (QED) is 0.769. The van der Waals surface area contributed by atoms with Crippen LogP contribution in [0.2, 0.25) is 0 Å². The Hall–Kier alpha value is -1.06. The Labute approximate surface area is 96.4 Å². The van der Waals surface area contributed by atoms with E-state index < -0.39 is 11.9 Å². The van der Waals surface area contributed by atoms with Gasteiger partial charge in [-0.1, -0.05) is 13.3 Å². The van der Waals surface area contributed by atoms with Gasteiger partial charge in [0.1, 0.15) is 0 Å². The van der Waals surface area contributed by atoms with Crippen molar-refractivity contribution in [2.24, 2.45) is 11.8 Å². The van der Waals surface area contributed by atoms with Gasteiger partial charge in [0, 0.05) is 5.54 Å². The number of aliphatic carboxylic acids is 1. The molecule has 0 radical (unpaired) electrons. The molecule has 1 aliphatic rings. The predicted molar refractivity (Wildman–Crippen MR) is 61.0 cm³/mol. The van der Waals surface area contributed by atoms with E-state index in [-0.39, 0.29) is 17.4 Å². The van der Waals surface area contributed by atoms with Crippen LogP contribution in [-0.2, 0) is 9.59 Å². The average Bonchev–Trinajstić information content (AvgIpc) is 2.65. The van der Waals surface area contributed by atoms with Crippen molar-refractivity contribution < 1.29 is 14.7 Å². The fourth-order valence-corrected chi connectivity index (χ4v) is 2.08. The molecule has 1 amide bonds. The van der Waals surface area contributed by atoms with E-state index in [0.29, 0.717) is 12.8 Å². The summed E-state index contributed by atoms with van der Waals surface area (Å²) in [6.45, 7) is 5.91. The molecular formula is C12H21NO3. The molecule has 2 unspecified atom stereocenters. The maximum atomic E-state index is 12.0. The number of carbonyl (C=O) groups is 2. The Morgan fingerprint density at radius 2 is 1.88 bits per heavy atom. The number of nitrogens with one attached hydrogen (secondary N) is 1. The van der Waals surface area contributed by atoms with E-state index >= 15 is 0 Å². The summed E-state index contributed by atoms with van der Waals surface area (Å²) in [5.74, 6) is -1.78. The zero-order chi connectivity index (χ0) is 12.3. The number of hydrogen-bond donors (Lipinski definition) is 2. The molecule has 0 aliphatic heterocycles. The van der Waals surface area contributed by atoms with Crippen molar-refractivity contribution in [3.63, 3.8) is 0 Å². The number of carboxylic acid groups (broad SMARTS) is 1. The van der Waals surface area contributed by atoms with Crippen LogP contribution >= 0.6 is 0 Å². The van der Waals surface area contributed by atoms with E-state index in [1.807, 2.05) is 20.8 Å². The minimum absolute atomic E-state index is 0.100.